The van der Waals surface area contributed by atoms with Gasteiger partial charge in [-0.1, -0.05) is 19.6 Å². The van der Waals surface area contributed by atoms with Crippen molar-refractivity contribution in [2.75, 3.05) is 68.6 Å². The van der Waals surface area contributed by atoms with Crippen molar-refractivity contribution in [3.05, 3.63) is 0 Å². The third kappa shape index (κ3) is 13.4. The molecule has 0 heterocycles. The van der Waals surface area contributed by atoms with Crippen LogP contribution in [0.1, 0.15) is 0 Å². The van der Waals surface area contributed by atoms with E-state index in [2.05, 4.69) is 147 Å². The van der Waals surface area contributed by atoms with Crippen LogP contribution >= 0.6 is 74.2 Å². The SMILES string of the molecule is C=P(C)(C)N(C)CN(C)P(=C)(C)N(C)CN(C)C.[I][V]([I])[I]. The summed E-state index contributed by atoms with van der Waals surface area (Å²) in [6.07, 6.45) is 8.74. The molecule has 0 amide bonds. The summed E-state index contributed by atoms with van der Waals surface area (Å²) in [6.45, 7) is 8.60. The summed E-state index contributed by atoms with van der Waals surface area (Å²) < 4.78 is 7.10. The predicted octanol–water partition coefficient (Wildman–Crippen LogP) is 4.45. The van der Waals surface area contributed by atoms with Crippen molar-refractivity contribution in [2.24, 2.45) is 0 Å². The van der Waals surface area contributed by atoms with Crippen molar-refractivity contribution in [1.29, 1.82) is 0 Å². The summed E-state index contributed by atoms with van der Waals surface area (Å²) in [6, 6.07) is 0. The molecule has 136 valence electrons. The van der Waals surface area contributed by atoms with Gasteiger partial charge in [0.15, 0.2) is 0 Å². The van der Waals surface area contributed by atoms with Crippen molar-refractivity contribution in [3.8, 4) is 0 Å². The molecule has 0 rings (SSSR count). The first kappa shape index (κ1) is 27.4. The second-order valence-corrected chi connectivity index (χ2v) is 49.1. The van der Waals surface area contributed by atoms with Crippen molar-refractivity contribution >= 4 is 86.8 Å². The molecular formula is C12H32I3N4P2V. The molecule has 0 aromatic heterocycles. The van der Waals surface area contributed by atoms with Crippen LogP contribution in [0.25, 0.3) is 0 Å². The molecule has 0 aliphatic heterocycles. The zero-order chi connectivity index (χ0) is 18.3. The molecule has 0 bridgehead atoms. The Morgan fingerprint density at radius 2 is 1.09 bits per heavy atom. The van der Waals surface area contributed by atoms with Crippen LogP contribution in [0.4, 0.5) is 0 Å². The van der Waals surface area contributed by atoms with Gasteiger partial charge in [0.05, 0.1) is 13.3 Å². The van der Waals surface area contributed by atoms with E-state index in [0.29, 0.717) is 0 Å². The van der Waals surface area contributed by atoms with Gasteiger partial charge in [0.25, 0.3) is 0 Å². The minimum absolute atomic E-state index is 0.278. The van der Waals surface area contributed by atoms with Gasteiger partial charge in [-0.3, -0.25) is 18.9 Å². The van der Waals surface area contributed by atoms with Gasteiger partial charge in [-0.25, -0.2) is 0 Å². The molecule has 1 atom stereocenters. The topological polar surface area (TPSA) is 13.0 Å². The molecule has 0 saturated carbocycles. The summed E-state index contributed by atoms with van der Waals surface area (Å²) in [5, 5.41) is 0. The Morgan fingerprint density at radius 1 is 0.773 bits per heavy atom. The fourth-order valence-corrected chi connectivity index (χ4v) is 3.55. The number of rotatable bonds is 7. The van der Waals surface area contributed by atoms with Gasteiger partial charge in [-0.05, 0) is 55.2 Å². The van der Waals surface area contributed by atoms with E-state index < -0.39 is 14.2 Å². The number of halogens is 3. The van der Waals surface area contributed by atoms with Crippen LogP contribution in [-0.4, -0.2) is 100 Å². The molecule has 4 nitrogen and oxygen atoms in total. The summed E-state index contributed by atoms with van der Waals surface area (Å²) in [4.78, 5) is 1.90. The van der Waals surface area contributed by atoms with E-state index in [0.717, 1.165) is 13.3 Å². The molecule has 1 unspecified atom stereocenters. The molecule has 0 N–H and O–H groups in total. The Kier molecular flexibility index (Phi) is 15.7. The predicted molar refractivity (Wildman–Crippen MR) is 135 cm³/mol. The molecule has 0 aliphatic rings. The Balaban J connectivity index is 0. The van der Waals surface area contributed by atoms with Crippen LogP contribution < -0.4 is 0 Å². The van der Waals surface area contributed by atoms with Crippen LogP contribution in [-0.2, 0) is 4.92 Å². The molecular weight excluding hydrogens is 694 g/mol. The normalized spacial score (nSPS) is 15.5. The summed E-state index contributed by atoms with van der Waals surface area (Å²) >= 11 is 7.39. The Labute approximate surface area is 176 Å². The Bertz CT molecular complexity index is 401. The van der Waals surface area contributed by atoms with Crippen molar-refractivity contribution in [1.82, 2.24) is 18.9 Å². The number of hydrogen-bond acceptors (Lipinski definition) is 4. The van der Waals surface area contributed by atoms with Crippen LogP contribution in [0.3, 0.4) is 0 Å². The second-order valence-electron chi connectivity index (χ2n) is 6.24. The van der Waals surface area contributed by atoms with E-state index in [1.807, 2.05) is 0 Å². The van der Waals surface area contributed by atoms with Crippen LogP contribution in [0, 0.1) is 0 Å². The van der Waals surface area contributed by atoms with E-state index in [1.54, 1.807) is 0 Å². The van der Waals surface area contributed by atoms with E-state index >= 15 is 0 Å². The third-order valence-corrected chi connectivity index (χ3v) is 8.46. The maximum absolute atomic E-state index is 4.46. The van der Waals surface area contributed by atoms with E-state index in [4.69, 9.17) is 0 Å². The van der Waals surface area contributed by atoms with Crippen LogP contribution in [0.15, 0.2) is 0 Å². The van der Waals surface area contributed by atoms with Gasteiger partial charge in [0, 0.05) is 7.19 Å². The molecule has 0 radical (unpaired) electrons. The van der Waals surface area contributed by atoms with E-state index in [-0.39, 0.29) is 4.92 Å². The summed E-state index contributed by atoms with van der Waals surface area (Å²) in [7, 11) is 7.99. The molecule has 0 fully saturated rings. The second kappa shape index (κ2) is 12.6. The number of hydrogen-bond donors (Lipinski definition) is 0. The molecule has 0 aromatic rings. The van der Waals surface area contributed by atoms with Crippen LogP contribution in [0.5, 0.6) is 0 Å². The average molecular weight is 726 g/mol. The van der Waals surface area contributed by atoms with Gasteiger partial charge in [-0.15, -0.1) is 0 Å². The first-order valence-electron chi connectivity index (χ1n) is 6.58. The average Bonchev–Trinajstić information content (AvgIpc) is 2.25. The van der Waals surface area contributed by atoms with E-state index in [9.17, 15) is 0 Å². The first-order valence-corrected chi connectivity index (χ1v) is 25.2. The Morgan fingerprint density at radius 3 is 1.36 bits per heavy atom. The van der Waals surface area contributed by atoms with Crippen LogP contribution in [0.2, 0.25) is 0 Å². The molecule has 0 aromatic carbocycles. The summed E-state index contributed by atoms with van der Waals surface area (Å²) in [5.41, 5.74) is 0. The van der Waals surface area contributed by atoms with Gasteiger partial charge in [0.2, 0.25) is 0 Å². The molecule has 0 spiro atoms. The zero-order valence-electron chi connectivity index (χ0n) is 15.1. The fourth-order valence-electron chi connectivity index (χ4n) is 1.41. The van der Waals surface area contributed by atoms with Gasteiger partial charge in [-0.2, -0.15) is 0 Å². The van der Waals surface area contributed by atoms with Crippen molar-refractivity contribution < 1.29 is 4.92 Å². The maximum atomic E-state index is 4.46. The molecule has 0 saturated heterocycles. The monoisotopic (exact) mass is 726 g/mol. The van der Waals surface area contributed by atoms with Crippen molar-refractivity contribution in [3.63, 3.8) is 0 Å². The number of nitrogens with zero attached hydrogens (tertiary/aromatic N) is 4. The van der Waals surface area contributed by atoms with E-state index in [1.165, 1.54) is 0 Å². The van der Waals surface area contributed by atoms with Gasteiger partial charge >= 0.3 is 64.9 Å². The van der Waals surface area contributed by atoms with Gasteiger partial charge in [0.1, 0.15) is 0 Å². The third-order valence-electron chi connectivity index (χ3n) is 3.29. The zero-order valence-corrected chi connectivity index (χ0v) is 24.8. The minimum atomic E-state index is -1.48. The molecule has 10 heteroatoms. The molecule has 22 heavy (non-hydrogen) atoms. The quantitative estimate of drug-likeness (QED) is 0.219. The standard InChI is InChI=1S/C12H32N4P2.3HI.V/c1-13(2)11-15(4)18(9,10)16(5)12-14(3)17(6,7)8;;;;/h6,9,11-12H2,1-5,7-8,10H3;3*1H;/q;;;;+3/p-3. The molecule has 0 aliphatic carbocycles. The fraction of sp³-hybridized carbons (Fsp3) is 0.833. The van der Waals surface area contributed by atoms with Crippen molar-refractivity contribution in [2.45, 2.75) is 0 Å². The Hall–Kier alpha value is 3.21. The van der Waals surface area contributed by atoms with Gasteiger partial charge < -0.3 is 0 Å². The summed E-state index contributed by atoms with van der Waals surface area (Å²) in [5.74, 6) is 0. The first-order chi connectivity index (χ1) is 9.62.